The zero-order valence-corrected chi connectivity index (χ0v) is 17.0. The third-order valence-corrected chi connectivity index (χ3v) is 4.57. The Labute approximate surface area is 174 Å². The molecule has 2 aromatic carbocycles. The molecule has 152 valence electrons. The summed E-state index contributed by atoms with van der Waals surface area (Å²) in [5.41, 5.74) is -0.776. The zero-order valence-electron chi connectivity index (χ0n) is 14.6. The Kier molecular flexibility index (Phi) is 8.30. The standard InChI is InChI=1S/C19H16BrF4NO2.ClH/c20-12-3-5-13(6-4-12)27-19-17(23)15(21)14(16(22)18(19)24)2-1-7-25-8-10-26-11-9-25;/h1-6H,7-11H2;1H. The predicted molar refractivity (Wildman–Crippen MR) is 104 cm³/mol. The van der Waals surface area contributed by atoms with Gasteiger partial charge in [0.05, 0.1) is 18.8 Å². The summed E-state index contributed by atoms with van der Waals surface area (Å²) in [6.45, 7) is 2.89. The van der Waals surface area contributed by atoms with Crippen LogP contribution in [-0.2, 0) is 4.74 Å². The molecule has 0 saturated carbocycles. The van der Waals surface area contributed by atoms with Crippen LogP contribution >= 0.6 is 28.3 Å². The zero-order chi connectivity index (χ0) is 19.4. The maximum absolute atomic E-state index is 14.3. The average molecular weight is 483 g/mol. The van der Waals surface area contributed by atoms with Crippen LogP contribution in [0.1, 0.15) is 5.56 Å². The first kappa shape index (κ1) is 22.7. The second kappa shape index (κ2) is 10.2. The van der Waals surface area contributed by atoms with Crippen molar-refractivity contribution in [3.8, 4) is 11.5 Å². The molecule has 1 aliphatic rings. The molecule has 0 aromatic heterocycles. The van der Waals surface area contributed by atoms with E-state index in [4.69, 9.17) is 9.47 Å². The van der Waals surface area contributed by atoms with Crippen molar-refractivity contribution in [2.24, 2.45) is 0 Å². The summed E-state index contributed by atoms with van der Waals surface area (Å²) in [6.07, 6.45) is 2.50. The molecule has 0 unspecified atom stereocenters. The molecule has 28 heavy (non-hydrogen) atoms. The molecule has 0 aliphatic carbocycles. The van der Waals surface area contributed by atoms with E-state index < -0.39 is 34.6 Å². The lowest BCUT2D eigenvalue weighted by molar-refractivity contribution is 0.0435. The van der Waals surface area contributed by atoms with Gasteiger partial charge < -0.3 is 9.47 Å². The molecule has 3 nitrogen and oxygen atoms in total. The summed E-state index contributed by atoms with van der Waals surface area (Å²) in [7, 11) is 0. The fourth-order valence-corrected chi connectivity index (χ4v) is 2.85. The molecular formula is C19H17BrClF4NO2. The third-order valence-electron chi connectivity index (χ3n) is 4.04. The van der Waals surface area contributed by atoms with Crippen LogP contribution < -0.4 is 4.74 Å². The lowest BCUT2D eigenvalue weighted by Crippen LogP contribution is -2.36. The molecule has 0 N–H and O–H groups in total. The van der Waals surface area contributed by atoms with Gasteiger partial charge in [0.15, 0.2) is 11.6 Å². The largest absolute Gasteiger partial charge is 0.451 e. The van der Waals surface area contributed by atoms with Gasteiger partial charge in [-0.1, -0.05) is 28.1 Å². The topological polar surface area (TPSA) is 21.7 Å². The molecule has 1 saturated heterocycles. The first-order chi connectivity index (χ1) is 13.0. The van der Waals surface area contributed by atoms with Gasteiger partial charge in [-0.05, 0) is 24.3 Å². The van der Waals surface area contributed by atoms with Crippen molar-refractivity contribution in [3.05, 3.63) is 63.6 Å². The second-order valence-electron chi connectivity index (χ2n) is 5.87. The minimum Gasteiger partial charge on any atom is -0.451 e. The first-order valence-electron chi connectivity index (χ1n) is 8.23. The highest BCUT2D eigenvalue weighted by molar-refractivity contribution is 9.10. The Hall–Kier alpha value is -1.61. The van der Waals surface area contributed by atoms with E-state index >= 15 is 0 Å². The van der Waals surface area contributed by atoms with Gasteiger partial charge in [-0.25, -0.2) is 8.78 Å². The number of benzene rings is 2. The fraction of sp³-hybridized carbons (Fsp3) is 0.263. The van der Waals surface area contributed by atoms with E-state index in [-0.39, 0.29) is 18.2 Å². The van der Waals surface area contributed by atoms with Crippen molar-refractivity contribution in [2.75, 3.05) is 32.8 Å². The van der Waals surface area contributed by atoms with Crippen LogP contribution in [0.3, 0.4) is 0 Å². The Balaban J connectivity index is 0.00000280. The maximum Gasteiger partial charge on any atom is 0.205 e. The van der Waals surface area contributed by atoms with Gasteiger partial charge in [0, 0.05) is 24.1 Å². The first-order valence-corrected chi connectivity index (χ1v) is 9.02. The van der Waals surface area contributed by atoms with Crippen LogP contribution in [0, 0.1) is 23.3 Å². The highest BCUT2D eigenvalue weighted by Crippen LogP contribution is 2.34. The molecule has 9 heteroatoms. The van der Waals surface area contributed by atoms with Crippen molar-refractivity contribution < 1.29 is 27.0 Å². The Morgan fingerprint density at radius 1 is 0.964 bits per heavy atom. The molecule has 0 amide bonds. The van der Waals surface area contributed by atoms with Gasteiger partial charge >= 0.3 is 0 Å². The number of hydrogen-bond acceptors (Lipinski definition) is 3. The number of rotatable bonds is 5. The summed E-state index contributed by atoms with van der Waals surface area (Å²) in [5, 5.41) is 0. The van der Waals surface area contributed by atoms with E-state index in [2.05, 4.69) is 15.9 Å². The van der Waals surface area contributed by atoms with E-state index in [1.165, 1.54) is 18.2 Å². The summed E-state index contributed by atoms with van der Waals surface area (Å²) in [4.78, 5) is 1.99. The quantitative estimate of drug-likeness (QED) is 0.411. The summed E-state index contributed by atoms with van der Waals surface area (Å²) in [5.74, 6) is -7.23. The molecule has 0 spiro atoms. The van der Waals surface area contributed by atoms with Crippen LogP contribution in [0.25, 0.3) is 6.08 Å². The number of halogens is 6. The highest BCUT2D eigenvalue weighted by atomic mass is 79.9. The maximum atomic E-state index is 14.3. The second-order valence-corrected chi connectivity index (χ2v) is 6.79. The summed E-state index contributed by atoms with van der Waals surface area (Å²) >= 11 is 3.20. The average Bonchev–Trinajstić information content (AvgIpc) is 2.68. The van der Waals surface area contributed by atoms with Crippen LogP contribution in [0.15, 0.2) is 34.8 Å². The SMILES string of the molecule is Cl.Fc1c(F)c(Oc2ccc(Br)cc2)c(F)c(F)c1C=CCN1CCOCC1. The van der Waals surface area contributed by atoms with Gasteiger partial charge in [0.1, 0.15) is 5.75 Å². The molecule has 3 rings (SSSR count). The van der Waals surface area contributed by atoms with Crippen molar-refractivity contribution in [2.45, 2.75) is 0 Å². The molecule has 1 heterocycles. The van der Waals surface area contributed by atoms with E-state index in [1.54, 1.807) is 12.1 Å². The van der Waals surface area contributed by atoms with Gasteiger partial charge in [-0.3, -0.25) is 4.90 Å². The predicted octanol–water partition coefficient (Wildman–Crippen LogP) is 5.57. The summed E-state index contributed by atoms with van der Waals surface area (Å²) < 4.78 is 68.0. The third kappa shape index (κ3) is 5.26. The molecule has 1 aliphatic heterocycles. The van der Waals surface area contributed by atoms with Crippen molar-refractivity contribution in [1.29, 1.82) is 0 Å². The minimum absolute atomic E-state index is 0. The van der Waals surface area contributed by atoms with Crippen molar-refractivity contribution in [1.82, 2.24) is 4.90 Å². The number of ether oxygens (including phenoxy) is 2. The Morgan fingerprint density at radius 3 is 2.11 bits per heavy atom. The smallest absolute Gasteiger partial charge is 0.205 e. The lowest BCUT2D eigenvalue weighted by Gasteiger charge is -2.25. The molecule has 2 aromatic rings. The normalized spacial score (nSPS) is 14.9. The minimum atomic E-state index is -1.58. The van der Waals surface area contributed by atoms with Crippen molar-refractivity contribution in [3.63, 3.8) is 0 Å². The van der Waals surface area contributed by atoms with Gasteiger partial charge in [-0.15, -0.1) is 12.4 Å². The van der Waals surface area contributed by atoms with E-state index in [0.717, 1.165) is 6.08 Å². The molecular weight excluding hydrogens is 466 g/mol. The monoisotopic (exact) mass is 481 g/mol. The molecule has 1 fully saturated rings. The molecule has 0 atom stereocenters. The van der Waals surface area contributed by atoms with Crippen molar-refractivity contribution >= 4 is 34.4 Å². The van der Waals surface area contributed by atoms with Gasteiger partial charge in [0.2, 0.25) is 17.4 Å². The lowest BCUT2D eigenvalue weighted by atomic mass is 10.1. The van der Waals surface area contributed by atoms with Crippen LogP contribution in [0.5, 0.6) is 11.5 Å². The highest BCUT2D eigenvalue weighted by Gasteiger charge is 2.26. The molecule has 0 radical (unpaired) electrons. The Bertz CT molecular complexity index is 814. The van der Waals surface area contributed by atoms with E-state index in [9.17, 15) is 17.6 Å². The fourth-order valence-electron chi connectivity index (χ4n) is 2.59. The van der Waals surface area contributed by atoms with Crippen LogP contribution in [0.2, 0.25) is 0 Å². The number of hydrogen-bond donors (Lipinski definition) is 0. The summed E-state index contributed by atoms with van der Waals surface area (Å²) in [6, 6.07) is 5.96. The van der Waals surface area contributed by atoms with E-state index in [0.29, 0.717) is 37.3 Å². The van der Waals surface area contributed by atoms with Crippen LogP contribution in [-0.4, -0.2) is 37.7 Å². The number of nitrogens with zero attached hydrogens (tertiary/aromatic N) is 1. The van der Waals surface area contributed by atoms with Gasteiger partial charge in [-0.2, -0.15) is 8.78 Å². The van der Waals surface area contributed by atoms with Gasteiger partial charge in [0.25, 0.3) is 0 Å². The number of morpholine rings is 1. The molecule has 0 bridgehead atoms. The van der Waals surface area contributed by atoms with E-state index in [1.807, 2.05) is 4.90 Å². The van der Waals surface area contributed by atoms with Crippen LogP contribution in [0.4, 0.5) is 17.6 Å². The Morgan fingerprint density at radius 2 is 1.54 bits per heavy atom.